The van der Waals surface area contributed by atoms with E-state index in [-0.39, 0.29) is 5.78 Å². The summed E-state index contributed by atoms with van der Waals surface area (Å²) in [6.45, 7) is 1.25. The molecule has 2 aromatic rings. The molecular weight excluding hydrogens is 332 g/mol. The van der Waals surface area contributed by atoms with Gasteiger partial charge >= 0.3 is 0 Å². The number of rotatable bonds is 4. The van der Waals surface area contributed by atoms with Gasteiger partial charge in [-0.15, -0.1) is 0 Å². The standard InChI is InChI=1S/C17H15BrO3/c1-20-17-5-2-11(6-15(17)18)7-16(19)12-3-4-13-9-21-10-14(13)8-12/h2-6,8H,7,9-10H2,1H3. The van der Waals surface area contributed by atoms with E-state index in [1.165, 1.54) is 5.56 Å². The third kappa shape index (κ3) is 3.01. The number of Topliss-reactive ketones (excluding diaryl/α,β-unsaturated/α-hetero) is 1. The van der Waals surface area contributed by atoms with Gasteiger partial charge in [0.1, 0.15) is 5.75 Å². The van der Waals surface area contributed by atoms with Crippen molar-refractivity contribution in [3.63, 3.8) is 0 Å². The van der Waals surface area contributed by atoms with Crippen molar-refractivity contribution in [3.8, 4) is 5.75 Å². The topological polar surface area (TPSA) is 35.5 Å². The van der Waals surface area contributed by atoms with E-state index in [1.54, 1.807) is 7.11 Å². The molecule has 1 aliphatic heterocycles. The monoisotopic (exact) mass is 346 g/mol. The van der Waals surface area contributed by atoms with Crippen LogP contribution in [0.15, 0.2) is 40.9 Å². The molecule has 108 valence electrons. The summed E-state index contributed by atoms with van der Waals surface area (Å²) >= 11 is 3.44. The minimum Gasteiger partial charge on any atom is -0.496 e. The Morgan fingerprint density at radius 1 is 1.19 bits per heavy atom. The fraction of sp³-hybridized carbons (Fsp3) is 0.235. The molecule has 4 heteroatoms. The number of carbonyl (C=O) groups excluding carboxylic acids is 1. The maximum Gasteiger partial charge on any atom is 0.167 e. The van der Waals surface area contributed by atoms with Gasteiger partial charge in [-0.1, -0.05) is 18.2 Å². The summed E-state index contributed by atoms with van der Waals surface area (Å²) in [4.78, 5) is 12.4. The van der Waals surface area contributed by atoms with Crippen molar-refractivity contribution in [1.29, 1.82) is 0 Å². The van der Waals surface area contributed by atoms with Gasteiger partial charge in [-0.25, -0.2) is 0 Å². The lowest BCUT2D eigenvalue weighted by Crippen LogP contribution is -2.04. The molecule has 0 fully saturated rings. The van der Waals surface area contributed by atoms with Crippen molar-refractivity contribution in [3.05, 3.63) is 63.1 Å². The predicted molar refractivity (Wildman–Crippen MR) is 83.7 cm³/mol. The van der Waals surface area contributed by atoms with Crippen LogP contribution in [0, 0.1) is 0 Å². The summed E-state index contributed by atoms with van der Waals surface area (Å²) in [5, 5.41) is 0. The highest BCUT2D eigenvalue weighted by atomic mass is 79.9. The van der Waals surface area contributed by atoms with Crippen molar-refractivity contribution >= 4 is 21.7 Å². The highest BCUT2D eigenvalue weighted by Crippen LogP contribution is 2.26. The second-order valence-corrected chi connectivity index (χ2v) is 5.90. The van der Waals surface area contributed by atoms with Crippen molar-refractivity contribution < 1.29 is 14.3 Å². The van der Waals surface area contributed by atoms with Crippen LogP contribution in [-0.4, -0.2) is 12.9 Å². The molecule has 0 amide bonds. The SMILES string of the molecule is COc1ccc(CC(=O)c2ccc3c(c2)COC3)cc1Br. The van der Waals surface area contributed by atoms with Gasteiger partial charge < -0.3 is 9.47 Å². The molecule has 0 saturated carbocycles. The van der Waals surface area contributed by atoms with Gasteiger partial charge in [-0.3, -0.25) is 4.79 Å². The number of carbonyl (C=O) groups is 1. The Morgan fingerprint density at radius 2 is 2.00 bits per heavy atom. The van der Waals surface area contributed by atoms with Crippen LogP contribution < -0.4 is 4.74 Å². The average molecular weight is 347 g/mol. The average Bonchev–Trinajstić information content (AvgIpc) is 2.94. The first-order chi connectivity index (χ1) is 10.2. The summed E-state index contributed by atoms with van der Waals surface area (Å²) in [7, 11) is 1.62. The molecule has 3 nitrogen and oxygen atoms in total. The van der Waals surface area contributed by atoms with Gasteiger partial charge in [0.15, 0.2) is 5.78 Å². The van der Waals surface area contributed by atoms with Crippen LogP contribution in [-0.2, 0) is 24.4 Å². The number of hydrogen-bond acceptors (Lipinski definition) is 3. The molecule has 1 aliphatic rings. The molecule has 0 unspecified atom stereocenters. The Kier molecular flexibility index (Phi) is 4.08. The van der Waals surface area contributed by atoms with Gasteiger partial charge in [0.25, 0.3) is 0 Å². The first kappa shape index (κ1) is 14.3. The second-order valence-electron chi connectivity index (χ2n) is 5.05. The number of ether oxygens (including phenoxy) is 2. The Bertz CT molecular complexity index is 694. The zero-order valence-corrected chi connectivity index (χ0v) is 13.3. The highest BCUT2D eigenvalue weighted by molar-refractivity contribution is 9.10. The number of fused-ring (bicyclic) bond motifs is 1. The normalized spacial score (nSPS) is 13.0. The van der Waals surface area contributed by atoms with E-state index < -0.39 is 0 Å². The van der Waals surface area contributed by atoms with Crippen molar-refractivity contribution in [1.82, 2.24) is 0 Å². The van der Waals surface area contributed by atoms with Gasteiger partial charge in [-0.05, 0) is 50.8 Å². The van der Waals surface area contributed by atoms with E-state index in [0.29, 0.717) is 19.6 Å². The second kappa shape index (κ2) is 6.00. The molecule has 0 aromatic heterocycles. The van der Waals surface area contributed by atoms with E-state index >= 15 is 0 Å². The van der Waals surface area contributed by atoms with Gasteiger partial charge in [0.05, 0.1) is 24.8 Å². The molecule has 3 rings (SSSR count). The predicted octanol–water partition coefficient (Wildman–Crippen LogP) is 3.91. The van der Waals surface area contributed by atoms with Gasteiger partial charge in [0, 0.05) is 12.0 Å². The largest absolute Gasteiger partial charge is 0.496 e. The van der Waals surface area contributed by atoms with E-state index in [9.17, 15) is 4.79 Å². The number of methoxy groups -OCH3 is 1. The van der Waals surface area contributed by atoms with Crippen LogP contribution in [0.5, 0.6) is 5.75 Å². The Hall–Kier alpha value is -1.65. The lowest BCUT2D eigenvalue weighted by Gasteiger charge is -2.07. The molecule has 0 atom stereocenters. The summed E-state index contributed by atoms with van der Waals surface area (Å²) in [6.07, 6.45) is 0.377. The fourth-order valence-corrected chi connectivity index (χ4v) is 3.04. The first-order valence-corrected chi connectivity index (χ1v) is 7.52. The van der Waals surface area contributed by atoms with E-state index in [1.807, 2.05) is 36.4 Å². The maximum absolute atomic E-state index is 12.4. The molecule has 0 spiro atoms. The molecule has 0 saturated heterocycles. The highest BCUT2D eigenvalue weighted by Gasteiger charge is 2.15. The third-order valence-electron chi connectivity index (χ3n) is 3.62. The number of ketones is 1. The van der Waals surface area contributed by atoms with Crippen LogP contribution in [0.25, 0.3) is 0 Å². The smallest absolute Gasteiger partial charge is 0.167 e. The van der Waals surface area contributed by atoms with Crippen LogP contribution in [0.1, 0.15) is 27.0 Å². The van der Waals surface area contributed by atoms with Crippen molar-refractivity contribution in [2.75, 3.05) is 7.11 Å². The number of hydrogen-bond donors (Lipinski definition) is 0. The minimum atomic E-state index is 0.113. The quantitative estimate of drug-likeness (QED) is 0.787. The maximum atomic E-state index is 12.4. The summed E-state index contributed by atoms with van der Waals surface area (Å²) in [5.74, 6) is 0.877. The molecule has 21 heavy (non-hydrogen) atoms. The molecule has 2 aromatic carbocycles. The van der Waals surface area contributed by atoms with Crippen LogP contribution in [0.2, 0.25) is 0 Å². The summed E-state index contributed by atoms with van der Waals surface area (Å²) in [5.41, 5.74) is 4.01. The van der Waals surface area contributed by atoms with Crippen molar-refractivity contribution in [2.24, 2.45) is 0 Å². The molecule has 0 N–H and O–H groups in total. The summed E-state index contributed by atoms with van der Waals surface area (Å²) in [6, 6.07) is 11.5. The zero-order chi connectivity index (χ0) is 14.8. The fourth-order valence-electron chi connectivity index (χ4n) is 2.45. The summed E-state index contributed by atoms with van der Waals surface area (Å²) < 4.78 is 11.4. The zero-order valence-electron chi connectivity index (χ0n) is 11.7. The van der Waals surface area contributed by atoms with E-state index in [0.717, 1.165) is 26.9 Å². The number of benzene rings is 2. The Balaban J connectivity index is 1.78. The molecular formula is C17H15BrO3. The lowest BCUT2D eigenvalue weighted by atomic mass is 9.99. The van der Waals surface area contributed by atoms with Gasteiger partial charge in [-0.2, -0.15) is 0 Å². The van der Waals surface area contributed by atoms with Crippen molar-refractivity contribution in [2.45, 2.75) is 19.6 Å². The van der Waals surface area contributed by atoms with Crippen LogP contribution in [0.4, 0.5) is 0 Å². The molecule has 0 bridgehead atoms. The molecule has 0 radical (unpaired) electrons. The first-order valence-electron chi connectivity index (χ1n) is 6.72. The number of halogens is 1. The Morgan fingerprint density at radius 3 is 2.76 bits per heavy atom. The van der Waals surface area contributed by atoms with E-state index in [4.69, 9.17) is 9.47 Å². The lowest BCUT2D eigenvalue weighted by molar-refractivity contribution is 0.0992. The molecule has 0 aliphatic carbocycles. The molecule has 1 heterocycles. The van der Waals surface area contributed by atoms with Gasteiger partial charge in [0.2, 0.25) is 0 Å². The van der Waals surface area contributed by atoms with Crippen LogP contribution >= 0.6 is 15.9 Å². The van der Waals surface area contributed by atoms with E-state index in [2.05, 4.69) is 15.9 Å². The van der Waals surface area contributed by atoms with Crippen LogP contribution in [0.3, 0.4) is 0 Å². The minimum absolute atomic E-state index is 0.113. The third-order valence-corrected chi connectivity index (χ3v) is 4.24. The Labute approximate surface area is 132 Å².